The standard InChI is InChI=1S/C25H20N4O4/c1-13(2)12-29-24(32)18(11-26)14(3)21(25(29)33)28-27-19-10-6-9-17-20(19)23(31)16-8-5-4-7-15(16)22(17)30/h4-10,13,33H,12H2,1-3H3/b28-27+. The number of hydrogen-bond acceptors (Lipinski definition) is 7. The Morgan fingerprint density at radius 2 is 1.61 bits per heavy atom. The molecule has 3 aromatic rings. The number of nitriles is 1. The average molecular weight is 440 g/mol. The summed E-state index contributed by atoms with van der Waals surface area (Å²) in [6, 6.07) is 13.1. The lowest BCUT2D eigenvalue weighted by molar-refractivity contribution is 0.0979. The first-order chi connectivity index (χ1) is 15.8. The number of fused-ring (bicyclic) bond motifs is 2. The van der Waals surface area contributed by atoms with Crippen LogP contribution in [-0.4, -0.2) is 21.2 Å². The molecule has 0 bridgehead atoms. The molecule has 33 heavy (non-hydrogen) atoms. The lowest BCUT2D eigenvalue weighted by Crippen LogP contribution is -2.25. The molecule has 8 nitrogen and oxygen atoms in total. The van der Waals surface area contributed by atoms with Gasteiger partial charge in [0, 0.05) is 28.8 Å². The molecule has 4 rings (SSSR count). The van der Waals surface area contributed by atoms with Crippen LogP contribution in [0, 0.1) is 24.2 Å². The highest BCUT2D eigenvalue weighted by molar-refractivity contribution is 6.29. The van der Waals surface area contributed by atoms with Gasteiger partial charge in [-0.05, 0) is 18.9 Å². The van der Waals surface area contributed by atoms with Crippen LogP contribution in [0.25, 0.3) is 0 Å². The number of benzene rings is 2. The van der Waals surface area contributed by atoms with Gasteiger partial charge in [-0.25, -0.2) is 0 Å². The molecule has 0 radical (unpaired) electrons. The summed E-state index contributed by atoms with van der Waals surface area (Å²) in [5, 5.41) is 28.5. The smallest absolute Gasteiger partial charge is 0.271 e. The summed E-state index contributed by atoms with van der Waals surface area (Å²) < 4.78 is 1.09. The molecule has 164 valence electrons. The van der Waals surface area contributed by atoms with Gasteiger partial charge in [0.05, 0.1) is 11.3 Å². The van der Waals surface area contributed by atoms with E-state index in [4.69, 9.17) is 0 Å². The lowest BCUT2D eigenvalue weighted by Gasteiger charge is -2.18. The Balaban J connectivity index is 1.88. The molecule has 1 heterocycles. The highest BCUT2D eigenvalue weighted by atomic mass is 16.3. The zero-order valence-corrected chi connectivity index (χ0v) is 18.3. The van der Waals surface area contributed by atoms with Crippen LogP contribution in [0.4, 0.5) is 11.4 Å². The van der Waals surface area contributed by atoms with Crippen LogP contribution >= 0.6 is 0 Å². The van der Waals surface area contributed by atoms with Gasteiger partial charge in [0.2, 0.25) is 5.88 Å². The number of aromatic hydroxyl groups is 1. The Bertz CT molecular complexity index is 1460. The van der Waals surface area contributed by atoms with Crippen LogP contribution in [-0.2, 0) is 6.54 Å². The summed E-state index contributed by atoms with van der Waals surface area (Å²) in [5.41, 5.74) is 0.509. The van der Waals surface area contributed by atoms with E-state index in [1.807, 2.05) is 19.9 Å². The van der Waals surface area contributed by atoms with Crippen molar-refractivity contribution in [3.63, 3.8) is 0 Å². The summed E-state index contributed by atoms with van der Waals surface area (Å²) in [7, 11) is 0. The number of nitrogens with zero attached hydrogens (tertiary/aromatic N) is 4. The van der Waals surface area contributed by atoms with Crippen molar-refractivity contribution in [2.75, 3.05) is 0 Å². The van der Waals surface area contributed by atoms with Crippen molar-refractivity contribution in [1.29, 1.82) is 5.26 Å². The minimum Gasteiger partial charge on any atom is -0.493 e. The third kappa shape index (κ3) is 3.53. The molecular formula is C25H20N4O4. The first-order valence-electron chi connectivity index (χ1n) is 10.4. The number of carbonyl (C=O) groups is 2. The maximum absolute atomic E-state index is 13.1. The summed E-state index contributed by atoms with van der Waals surface area (Å²) in [6.45, 7) is 5.43. The van der Waals surface area contributed by atoms with Gasteiger partial charge in [0.15, 0.2) is 17.3 Å². The van der Waals surface area contributed by atoms with Crippen molar-refractivity contribution in [3.05, 3.63) is 86.2 Å². The summed E-state index contributed by atoms with van der Waals surface area (Å²) in [6.07, 6.45) is 0. The molecule has 2 aromatic carbocycles. The van der Waals surface area contributed by atoms with E-state index in [1.54, 1.807) is 42.5 Å². The molecule has 8 heteroatoms. The topological polar surface area (TPSA) is 125 Å². The van der Waals surface area contributed by atoms with Gasteiger partial charge in [-0.3, -0.25) is 19.0 Å². The Morgan fingerprint density at radius 3 is 2.24 bits per heavy atom. The fourth-order valence-corrected chi connectivity index (χ4v) is 3.91. The van der Waals surface area contributed by atoms with E-state index in [-0.39, 0.29) is 63.2 Å². The average Bonchev–Trinajstić information content (AvgIpc) is 2.80. The highest BCUT2D eigenvalue weighted by Crippen LogP contribution is 2.36. The second-order valence-electron chi connectivity index (χ2n) is 8.20. The van der Waals surface area contributed by atoms with Crippen molar-refractivity contribution in [2.24, 2.45) is 16.1 Å². The maximum Gasteiger partial charge on any atom is 0.271 e. The van der Waals surface area contributed by atoms with Crippen molar-refractivity contribution >= 4 is 22.9 Å². The quantitative estimate of drug-likeness (QED) is 0.465. The number of azo groups is 1. The molecular weight excluding hydrogens is 420 g/mol. The van der Waals surface area contributed by atoms with Crippen molar-refractivity contribution < 1.29 is 14.7 Å². The summed E-state index contributed by atoms with van der Waals surface area (Å²) in [4.78, 5) is 38.7. The van der Waals surface area contributed by atoms with Crippen molar-refractivity contribution in [1.82, 2.24) is 4.57 Å². The maximum atomic E-state index is 13.1. The van der Waals surface area contributed by atoms with E-state index in [2.05, 4.69) is 10.2 Å². The van der Waals surface area contributed by atoms with Crippen LogP contribution in [0.2, 0.25) is 0 Å². The monoisotopic (exact) mass is 440 g/mol. The predicted octanol–water partition coefficient (Wildman–Crippen LogP) is 4.58. The zero-order chi connectivity index (χ0) is 23.9. The second kappa shape index (κ2) is 8.28. The fraction of sp³-hybridized carbons (Fsp3) is 0.200. The lowest BCUT2D eigenvalue weighted by atomic mass is 9.83. The Morgan fingerprint density at radius 1 is 0.970 bits per heavy atom. The molecule has 0 amide bonds. The van der Waals surface area contributed by atoms with E-state index in [1.165, 1.54) is 6.92 Å². The Hall–Kier alpha value is -4.38. The van der Waals surface area contributed by atoms with Crippen molar-refractivity contribution in [3.8, 4) is 11.9 Å². The second-order valence-corrected chi connectivity index (χ2v) is 8.20. The SMILES string of the molecule is Cc1c(/N=N/c2cccc3c2C(=O)c2ccccc2C3=O)c(O)n(CC(C)C)c(=O)c1C#N. The van der Waals surface area contributed by atoms with Crippen LogP contribution in [0.5, 0.6) is 5.88 Å². The van der Waals surface area contributed by atoms with Crippen LogP contribution in [0.3, 0.4) is 0 Å². The van der Waals surface area contributed by atoms with Gasteiger partial charge in [-0.1, -0.05) is 50.2 Å². The van der Waals surface area contributed by atoms with E-state index in [0.717, 1.165) is 4.57 Å². The molecule has 0 saturated heterocycles. The third-order valence-corrected chi connectivity index (χ3v) is 5.50. The van der Waals surface area contributed by atoms with Crippen LogP contribution in [0.15, 0.2) is 57.5 Å². The van der Waals surface area contributed by atoms with Crippen molar-refractivity contribution in [2.45, 2.75) is 27.3 Å². The highest BCUT2D eigenvalue weighted by Gasteiger charge is 2.31. The number of hydrogen-bond donors (Lipinski definition) is 1. The molecule has 0 spiro atoms. The van der Waals surface area contributed by atoms with E-state index in [9.17, 15) is 24.8 Å². The fourth-order valence-electron chi connectivity index (χ4n) is 3.91. The largest absolute Gasteiger partial charge is 0.493 e. The van der Waals surface area contributed by atoms with Gasteiger partial charge in [0.1, 0.15) is 11.6 Å². The molecule has 1 N–H and O–H groups in total. The normalized spacial score (nSPS) is 12.7. The molecule has 0 aliphatic heterocycles. The van der Waals surface area contributed by atoms with Gasteiger partial charge < -0.3 is 5.11 Å². The van der Waals surface area contributed by atoms with Gasteiger partial charge in [0.25, 0.3) is 5.56 Å². The van der Waals surface area contributed by atoms with E-state index < -0.39 is 11.4 Å². The summed E-state index contributed by atoms with van der Waals surface area (Å²) in [5.74, 6) is -1.02. The van der Waals surface area contributed by atoms with Gasteiger partial charge >= 0.3 is 0 Å². The molecule has 0 unspecified atom stereocenters. The minimum atomic E-state index is -0.602. The number of carbonyl (C=O) groups excluding carboxylic acids is 2. The number of ketones is 2. The van der Waals surface area contributed by atoms with Crippen LogP contribution < -0.4 is 5.56 Å². The number of pyridine rings is 1. The van der Waals surface area contributed by atoms with E-state index >= 15 is 0 Å². The Kier molecular flexibility index (Phi) is 5.48. The molecule has 1 aromatic heterocycles. The molecule has 1 aliphatic carbocycles. The molecule has 1 aliphatic rings. The number of rotatable bonds is 4. The van der Waals surface area contributed by atoms with Crippen LogP contribution in [0.1, 0.15) is 56.8 Å². The first kappa shape index (κ1) is 21.8. The first-order valence-corrected chi connectivity index (χ1v) is 10.4. The zero-order valence-electron chi connectivity index (χ0n) is 18.3. The minimum absolute atomic E-state index is 0.0254. The van der Waals surface area contributed by atoms with Gasteiger partial charge in [-0.15, -0.1) is 10.2 Å². The molecule has 0 saturated carbocycles. The Labute approximate surface area is 189 Å². The molecule has 0 fully saturated rings. The van der Waals surface area contributed by atoms with E-state index in [0.29, 0.717) is 5.56 Å². The third-order valence-electron chi connectivity index (χ3n) is 5.50. The number of aromatic nitrogens is 1. The molecule has 0 atom stereocenters. The predicted molar refractivity (Wildman–Crippen MR) is 121 cm³/mol. The summed E-state index contributed by atoms with van der Waals surface area (Å²) >= 11 is 0. The van der Waals surface area contributed by atoms with Gasteiger partial charge in [-0.2, -0.15) is 5.26 Å².